The Morgan fingerprint density at radius 3 is 1.75 bits per heavy atom. The third kappa shape index (κ3) is 5.21. The summed E-state index contributed by atoms with van der Waals surface area (Å²) < 4.78 is 0. The van der Waals surface area contributed by atoms with E-state index in [1.807, 2.05) is 37.3 Å². The van der Waals surface area contributed by atoms with Gasteiger partial charge in [0.2, 0.25) is 0 Å². The summed E-state index contributed by atoms with van der Waals surface area (Å²) in [7, 11) is 0. The van der Waals surface area contributed by atoms with Gasteiger partial charge in [-0.3, -0.25) is 4.79 Å². The topological polar surface area (TPSA) is 91.7 Å². The van der Waals surface area contributed by atoms with Gasteiger partial charge in [-0.2, -0.15) is 0 Å². The Bertz CT molecular complexity index is 728. The molecule has 0 spiro atoms. The van der Waals surface area contributed by atoms with E-state index in [9.17, 15) is 14.4 Å². The van der Waals surface area contributed by atoms with Gasteiger partial charge in [0.05, 0.1) is 11.1 Å². The predicted molar refractivity (Wildman–Crippen MR) is 90.7 cm³/mol. The molecule has 124 valence electrons. The number of carboxylic acids is 2. The largest absolute Gasteiger partial charge is 0.478 e. The number of carbonyl (C=O) groups excluding carboxylic acids is 1. The summed E-state index contributed by atoms with van der Waals surface area (Å²) in [5.74, 6) is -2.16. The zero-order valence-electron chi connectivity index (χ0n) is 13.4. The molecule has 0 radical (unpaired) electrons. The number of ketones is 1. The molecule has 0 aromatic heterocycles. The number of benzene rings is 2. The van der Waals surface area contributed by atoms with Crippen molar-refractivity contribution in [3.63, 3.8) is 0 Å². The molecule has 0 aliphatic heterocycles. The summed E-state index contributed by atoms with van der Waals surface area (Å²) in [4.78, 5) is 32.4. The van der Waals surface area contributed by atoms with Crippen LogP contribution < -0.4 is 0 Å². The number of aromatic carboxylic acids is 2. The van der Waals surface area contributed by atoms with E-state index < -0.39 is 11.9 Å². The Morgan fingerprint density at radius 2 is 1.33 bits per heavy atom. The molecular weight excluding hydrogens is 308 g/mol. The van der Waals surface area contributed by atoms with E-state index in [2.05, 4.69) is 0 Å². The second kappa shape index (κ2) is 9.05. The third-order valence-corrected chi connectivity index (χ3v) is 3.17. The summed E-state index contributed by atoms with van der Waals surface area (Å²) in [6.07, 6.45) is 3.31. The quantitative estimate of drug-likeness (QED) is 0.658. The van der Waals surface area contributed by atoms with Gasteiger partial charge in [-0.25, -0.2) is 9.59 Å². The predicted octanol–water partition coefficient (Wildman–Crippen LogP) is 3.84. The minimum Gasteiger partial charge on any atom is -0.478 e. The highest BCUT2D eigenvalue weighted by Crippen LogP contribution is 2.13. The lowest BCUT2D eigenvalue weighted by Gasteiger charge is -2.03. The molecule has 0 saturated heterocycles. The fourth-order valence-corrected chi connectivity index (χ4v) is 1.95. The van der Waals surface area contributed by atoms with Gasteiger partial charge in [-0.05, 0) is 37.6 Å². The van der Waals surface area contributed by atoms with Crippen LogP contribution in [-0.4, -0.2) is 27.9 Å². The smallest absolute Gasteiger partial charge is 0.335 e. The average Bonchev–Trinajstić information content (AvgIpc) is 2.56. The first kappa shape index (κ1) is 18.8. The van der Waals surface area contributed by atoms with Gasteiger partial charge < -0.3 is 10.2 Å². The number of carboxylic acid groups (broad SMARTS) is 2. The van der Waals surface area contributed by atoms with Gasteiger partial charge in [-0.1, -0.05) is 42.5 Å². The second-order valence-corrected chi connectivity index (χ2v) is 4.82. The normalized spacial score (nSPS) is 9.92. The van der Waals surface area contributed by atoms with Crippen LogP contribution in [0, 0.1) is 6.92 Å². The van der Waals surface area contributed by atoms with E-state index in [0.717, 1.165) is 5.56 Å². The molecule has 0 aliphatic rings. The third-order valence-electron chi connectivity index (χ3n) is 3.17. The summed E-state index contributed by atoms with van der Waals surface area (Å²) in [6, 6.07) is 13.4. The molecule has 0 unspecified atom stereocenters. The maximum atomic E-state index is 11.2. The van der Waals surface area contributed by atoms with Gasteiger partial charge in [0.25, 0.3) is 0 Å². The maximum Gasteiger partial charge on any atom is 0.335 e. The fourth-order valence-electron chi connectivity index (χ4n) is 1.95. The van der Waals surface area contributed by atoms with Crippen molar-refractivity contribution in [1.29, 1.82) is 0 Å². The summed E-state index contributed by atoms with van der Waals surface area (Å²) in [6.45, 7) is 3.31. The molecule has 2 rings (SSSR count). The van der Waals surface area contributed by atoms with Crippen LogP contribution in [0.15, 0.2) is 60.7 Å². The summed E-state index contributed by atoms with van der Waals surface area (Å²) in [5.41, 5.74) is 1.08. The summed E-state index contributed by atoms with van der Waals surface area (Å²) >= 11 is 0. The number of allylic oxidation sites excluding steroid dienone is 2. The van der Waals surface area contributed by atoms with E-state index in [1.165, 1.54) is 25.1 Å². The van der Waals surface area contributed by atoms with Gasteiger partial charge in [0.15, 0.2) is 5.78 Å². The number of rotatable bonds is 4. The van der Waals surface area contributed by atoms with Crippen molar-refractivity contribution in [2.24, 2.45) is 0 Å². The van der Waals surface area contributed by atoms with Gasteiger partial charge >= 0.3 is 11.9 Å². The highest BCUT2D eigenvalue weighted by Gasteiger charge is 2.13. The van der Waals surface area contributed by atoms with Crippen molar-refractivity contribution in [3.8, 4) is 0 Å². The number of carbonyl (C=O) groups is 3. The lowest BCUT2D eigenvalue weighted by Crippen LogP contribution is -2.06. The molecule has 0 aliphatic carbocycles. The maximum absolute atomic E-state index is 11.2. The Hall–Kier alpha value is -3.21. The second-order valence-electron chi connectivity index (χ2n) is 4.82. The SMILES string of the molecule is C/C=C/C(=O)c1ccccc1.Cc1c(C(=O)O)cccc1C(=O)O. The van der Waals surface area contributed by atoms with Crippen molar-refractivity contribution in [1.82, 2.24) is 0 Å². The highest BCUT2D eigenvalue weighted by molar-refractivity contribution is 6.04. The van der Waals surface area contributed by atoms with Gasteiger partial charge in [-0.15, -0.1) is 0 Å². The molecule has 2 N–H and O–H groups in total. The Morgan fingerprint density at radius 1 is 0.833 bits per heavy atom. The average molecular weight is 326 g/mol. The van der Waals surface area contributed by atoms with Crippen molar-refractivity contribution < 1.29 is 24.6 Å². The molecule has 5 heteroatoms. The molecule has 0 bridgehead atoms. The molecule has 0 fully saturated rings. The van der Waals surface area contributed by atoms with Crippen LogP contribution in [0.25, 0.3) is 0 Å². The first-order valence-electron chi connectivity index (χ1n) is 7.16. The van der Waals surface area contributed by atoms with E-state index in [1.54, 1.807) is 12.2 Å². The van der Waals surface area contributed by atoms with E-state index in [-0.39, 0.29) is 22.5 Å². The van der Waals surface area contributed by atoms with Crippen LogP contribution in [0.2, 0.25) is 0 Å². The molecule has 0 saturated carbocycles. The Balaban J connectivity index is 0.000000243. The molecule has 0 heterocycles. The van der Waals surface area contributed by atoms with Crippen LogP contribution in [-0.2, 0) is 0 Å². The number of hydrogen-bond acceptors (Lipinski definition) is 3. The highest BCUT2D eigenvalue weighted by atomic mass is 16.4. The molecule has 5 nitrogen and oxygen atoms in total. The van der Waals surface area contributed by atoms with Gasteiger partial charge in [0.1, 0.15) is 0 Å². The van der Waals surface area contributed by atoms with Gasteiger partial charge in [0, 0.05) is 5.56 Å². The standard InChI is InChI=1S/C10H10O.C9H8O4/c1-2-6-10(11)9-7-4-3-5-8-9;1-5-6(8(10)11)3-2-4-7(5)9(12)13/h2-8H,1H3;2-4H,1H3,(H,10,11)(H,12,13)/b6-2+;. The van der Waals surface area contributed by atoms with Crippen LogP contribution in [0.4, 0.5) is 0 Å². The van der Waals surface area contributed by atoms with Crippen molar-refractivity contribution in [2.45, 2.75) is 13.8 Å². The van der Waals surface area contributed by atoms with E-state index in [4.69, 9.17) is 10.2 Å². The zero-order chi connectivity index (χ0) is 18.1. The van der Waals surface area contributed by atoms with Crippen molar-refractivity contribution >= 4 is 17.7 Å². The van der Waals surface area contributed by atoms with E-state index >= 15 is 0 Å². The molecule has 2 aromatic rings. The molecule has 2 aromatic carbocycles. The first-order valence-corrected chi connectivity index (χ1v) is 7.16. The minimum atomic E-state index is -1.11. The molecule has 0 atom stereocenters. The van der Waals surface area contributed by atoms with Crippen molar-refractivity contribution in [3.05, 3.63) is 82.9 Å². The van der Waals surface area contributed by atoms with Crippen LogP contribution in [0.5, 0.6) is 0 Å². The molecular formula is C19H18O5. The number of hydrogen-bond donors (Lipinski definition) is 2. The summed E-state index contributed by atoms with van der Waals surface area (Å²) in [5, 5.41) is 17.4. The van der Waals surface area contributed by atoms with Crippen LogP contribution >= 0.6 is 0 Å². The lowest BCUT2D eigenvalue weighted by atomic mass is 10.0. The van der Waals surface area contributed by atoms with Crippen LogP contribution in [0.1, 0.15) is 43.6 Å². The fraction of sp³-hybridized carbons (Fsp3) is 0.105. The Kier molecular flexibility index (Phi) is 7.10. The monoisotopic (exact) mass is 326 g/mol. The van der Waals surface area contributed by atoms with Crippen LogP contribution in [0.3, 0.4) is 0 Å². The molecule has 24 heavy (non-hydrogen) atoms. The van der Waals surface area contributed by atoms with E-state index in [0.29, 0.717) is 0 Å². The van der Waals surface area contributed by atoms with Crippen molar-refractivity contribution in [2.75, 3.05) is 0 Å². The molecule has 0 amide bonds. The Labute approximate surface area is 139 Å². The first-order chi connectivity index (χ1) is 11.4. The lowest BCUT2D eigenvalue weighted by molar-refractivity contribution is 0.0696. The minimum absolute atomic E-state index is 0.0277. The zero-order valence-corrected chi connectivity index (χ0v) is 13.4.